The normalized spacial score (nSPS) is 22.2. The second-order valence-corrected chi connectivity index (χ2v) is 8.56. The molecule has 2 unspecified atom stereocenters. The Morgan fingerprint density at radius 3 is 2.62 bits per heavy atom. The van der Waals surface area contributed by atoms with E-state index in [-0.39, 0.29) is 22.5 Å². The first-order valence-electron chi connectivity index (χ1n) is 6.74. The van der Waals surface area contributed by atoms with Crippen LogP contribution >= 0.6 is 11.8 Å². The lowest BCUT2D eigenvalue weighted by Gasteiger charge is -2.13. The third-order valence-corrected chi connectivity index (χ3v) is 5.86. The van der Waals surface area contributed by atoms with E-state index in [1.54, 1.807) is 0 Å². The number of hydrogen-bond acceptors (Lipinski definition) is 5. The van der Waals surface area contributed by atoms with Crippen LogP contribution in [-0.4, -0.2) is 38.1 Å². The summed E-state index contributed by atoms with van der Waals surface area (Å²) in [6, 6.07) is 4.40. The van der Waals surface area contributed by atoms with Gasteiger partial charge in [-0.1, -0.05) is 0 Å². The smallest absolute Gasteiger partial charge is 0.251 e. The number of rotatable bonds is 4. The number of nitrogens with two attached hydrogens (primary N) is 1. The van der Waals surface area contributed by atoms with Crippen molar-refractivity contribution in [3.05, 3.63) is 23.8 Å². The predicted molar refractivity (Wildman–Crippen MR) is 86.4 cm³/mol. The molecule has 21 heavy (non-hydrogen) atoms. The molecule has 1 fully saturated rings. The highest BCUT2D eigenvalue weighted by Gasteiger charge is 2.25. The second kappa shape index (κ2) is 6.27. The highest BCUT2D eigenvalue weighted by atomic mass is 32.2. The van der Waals surface area contributed by atoms with Crippen molar-refractivity contribution >= 4 is 33.2 Å². The number of carbonyl (C=O) groups excluding carboxylic acids is 1. The maximum absolute atomic E-state index is 12.3. The van der Waals surface area contributed by atoms with E-state index in [0.29, 0.717) is 10.8 Å². The van der Waals surface area contributed by atoms with Gasteiger partial charge in [0.15, 0.2) is 9.84 Å². The van der Waals surface area contributed by atoms with E-state index in [2.05, 4.69) is 11.6 Å². The molecule has 0 radical (unpaired) electrons. The zero-order valence-corrected chi connectivity index (χ0v) is 13.8. The molecule has 0 aliphatic heterocycles. The lowest BCUT2D eigenvalue weighted by Crippen LogP contribution is -2.33. The molecule has 1 aromatic carbocycles. The van der Waals surface area contributed by atoms with Crippen LogP contribution < -0.4 is 11.1 Å². The van der Waals surface area contributed by atoms with Gasteiger partial charge in [-0.2, -0.15) is 11.8 Å². The SMILES string of the molecule is CSC1CCC(NC(=O)c2cc(N)cc(S(C)(=O)=O)c2)C1. The number of sulfone groups is 1. The first kappa shape index (κ1) is 16.2. The van der Waals surface area contributed by atoms with Crippen LogP contribution in [0, 0.1) is 0 Å². The molecular weight excluding hydrogens is 308 g/mol. The Bertz CT molecular complexity index is 644. The van der Waals surface area contributed by atoms with Crippen LogP contribution in [0.15, 0.2) is 23.1 Å². The van der Waals surface area contributed by atoms with Crippen molar-refractivity contribution in [2.24, 2.45) is 0 Å². The second-order valence-electron chi connectivity index (χ2n) is 5.40. The van der Waals surface area contributed by atoms with Crippen LogP contribution in [0.3, 0.4) is 0 Å². The Kier molecular flexibility index (Phi) is 4.83. The monoisotopic (exact) mass is 328 g/mol. The van der Waals surface area contributed by atoms with Gasteiger partial charge < -0.3 is 11.1 Å². The number of nitrogens with one attached hydrogen (secondary N) is 1. The standard InChI is InChI=1S/C14H20N2O3S2/c1-20-12-4-3-11(8-12)16-14(17)9-5-10(15)7-13(6-9)21(2,18)19/h5-7,11-12H,3-4,8,15H2,1-2H3,(H,16,17). The zero-order chi connectivity index (χ0) is 15.6. The van der Waals surface area contributed by atoms with E-state index < -0.39 is 9.84 Å². The average molecular weight is 328 g/mol. The summed E-state index contributed by atoms with van der Waals surface area (Å²) in [5.41, 5.74) is 6.27. The van der Waals surface area contributed by atoms with Gasteiger partial charge >= 0.3 is 0 Å². The number of amides is 1. The fraction of sp³-hybridized carbons (Fsp3) is 0.500. The third-order valence-electron chi connectivity index (χ3n) is 3.67. The van der Waals surface area contributed by atoms with E-state index in [1.807, 2.05) is 11.8 Å². The molecule has 1 aliphatic rings. The summed E-state index contributed by atoms with van der Waals surface area (Å²) >= 11 is 1.82. The van der Waals surface area contributed by atoms with Gasteiger partial charge in [-0.15, -0.1) is 0 Å². The zero-order valence-electron chi connectivity index (χ0n) is 12.1. The Labute approximate surface area is 129 Å². The minimum atomic E-state index is -3.38. The number of thioether (sulfide) groups is 1. The molecule has 1 aliphatic carbocycles. The quantitative estimate of drug-likeness (QED) is 0.821. The first-order valence-corrected chi connectivity index (χ1v) is 9.92. The van der Waals surface area contributed by atoms with Gasteiger partial charge in [0.25, 0.3) is 5.91 Å². The Balaban J connectivity index is 2.15. The van der Waals surface area contributed by atoms with Crippen LogP contribution in [0.2, 0.25) is 0 Å². The molecular formula is C14H20N2O3S2. The summed E-state index contributed by atoms with van der Waals surface area (Å²) in [6.45, 7) is 0. The highest BCUT2D eigenvalue weighted by Crippen LogP contribution is 2.28. The molecule has 7 heteroatoms. The number of hydrogen-bond donors (Lipinski definition) is 2. The molecule has 2 atom stereocenters. The highest BCUT2D eigenvalue weighted by molar-refractivity contribution is 7.99. The number of nitrogen functional groups attached to an aromatic ring is 1. The molecule has 0 saturated heterocycles. The van der Waals surface area contributed by atoms with Gasteiger partial charge in [0.05, 0.1) is 4.90 Å². The van der Waals surface area contributed by atoms with Gasteiger partial charge in [0.2, 0.25) is 0 Å². The van der Waals surface area contributed by atoms with Crippen LogP contribution in [0.25, 0.3) is 0 Å². The number of carbonyl (C=O) groups is 1. The largest absolute Gasteiger partial charge is 0.399 e. The van der Waals surface area contributed by atoms with Crippen molar-refractivity contribution in [2.45, 2.75) is 35.4 Å². The van der Waals surface area contributed by atoms with Crippen molar-refractivity contribution in [1.29, 1.82) is 0 Å². The molecule has 0 spiro atoms. The Morgan fingerprint density at radius 1 is 1.33 bits per heavy atom. The first-order chi connectivity index (χ1) is 9.79. The van der Waals surface area contributed by atoms with Gasteiger partial charge in [-0.25, -0.2) is 8.42 Å². The molecule has 5 nitrogen and oxygen atoms in total. The summed E-state index contributed by atoms with van der Waals surface area (Å²) < 4.78 is 23.2. The topological polar surface area (TPSA) is 89.3 Å². The summed E-state index contributed by atoms with van der Waals surface area (Å²) in [7, 11) is -3.38. The van der Waals surface area contributed by atoms with Gasteiger partial charge in [-0.05, 0) is 43.7 Å². The molecule has 1 amide bonds. The maximum atomic E-state index is 12.3. The average Bonchev–Trinajstić information content (AvgIpc) is 2.84. The minimum absolute atomic E-state index is 0.0704. The summed E-state index contributed by atoms with van der Waals surface area (Å²) in [5, 5.41) is 3.55. The van der Waals surface area contributed by atoms with Crippen molar-refractivity contribution in [2.75, 3.05) is 18.2 Å². The van der Waals surface area contributed by atoms with Gasteiger partial charge in [0, 0.05) is 28.8 Å². The van der Waals surface area contributed by atoms with Crippen molar-refractivity contribution in [3.63, 3.8) is 0 Å². The van der Waals surface area contributed by atoms with E-state index in [4.69, 9.17) is 5.73 Å². The lowest BCUT2D eigenvalue weighted by molar-refractivity contribution is 0.0938. The van der Waals surface area contributed by atoms with E-state index in [1.165, 1.54) is 18.2 Å². The number of anilines is 1. The van der Waals surface area contributed by atoms with Crippen LogP contribution in [-0.2, 0) is 9.84 Å². The molecule has 0 bridgehead atoms. The molecule has 1 saturated carbocycles. The molecule has 2 rings (SSSR count). The van der Waals surface area contributed by atoms with E-state index in [9.17, 15) is 13.2 Å². The van der Waals surface area contributed by atoms with Crippen molar-refractivity contribution in [3.8, 4) is 0 Å². The van der Waals surface area contributed by atoms with Crippen LogP contribution in [0.5, 0.6) is 0 Å². The van der Waals surface area contributed by atoms with Crippen molar-refractivity contribution in [1.82, 2.24) is 5.32 Å². The minimum Gasteiger partial charge on any atom is -0.399 e. The Morgan fingerprint density at radius 2 is 2.05 bits per heavy atom. The fourth-order valence-electron chi connectivity index (χ4n) is 2.52. The van der Waals surface area contributed by atoms with E-state index >= 15 is 0 Å². The molecule has 1 aromatic rings. The summed E-state index contributed by atoms with van der Waals surface area (Å²) in [6.07, 6.45) is 6.18. The van der Waals surface area contributed by atoms with Crippen molar-refractivity contribution < 1.29 is 13.2 Å². The van der Waals surface area contributed by atoms with Gasteiger partial charge in [-0.3, -0.25) is 4.79 Å². The maximum Gasteiger partial charge on any atom is 0.251 e. The lowest BCUT2D eigenvalue weighted by atomic mass is 10.1. The van der Waals surface area contributed by atoms with Gasteiger partial charge in [0.1, 0.15) is 0 Å². The predicted octanol–water partition coefficient (Wildman–Crippen LogP) is 1.69. The molecule has 3 N–H and O–H groups in total. The van der Waals surface area contributed by atoms with Crippen LogP contribution in [0.4, 0.5) is 5.69 Å². The third kappa shape index (κ3) is 4.14. The molecule has 116 valence electrons. The van der Waals surface area contributed by atoms with E-state index in [0.717, 1.165) is 25.5 Å². The number of benzene rings is 1. The fourth-order valence-corrected chi connectivity index (χ4v) is 4.01. The molecule has 0 aromatic heterocycles. The summed E-state index contributed by atoms with van der Waals surface area (Å²) in [4.78, 5) is 12.3. The summed E-state index contributed by atoms with van der Waals surface area (Å²) in [5.74, 6) is -0.265. The van der Waals surface area contributed by atoms with Crippen LogP contribution in [0.1, 0.15) is 29.6 Å². The Hall–Kier alpha value is -1.21. The molecule has 0 heterocycles.